The number of aromatic nitrogens is 2. The molecule has 3 aromatic rings. The summed E-state index contributed by atoms with van der Waals surface area (Å²) in [4.78, 5) is 35.2. The number of ether oxygens (including phenoxy) is 1. The predicted molar refractivity (Wildman–Crippen MR) is 133 cm³/mol. The van der Waals surface area contributed by atoms with E-state index in [0.717, 1.165) is 11.4 Å². The quantitative estimate of drug-likeness (QED) is 0.205. The number of hydrogen-bond acceptors (Lipinski definition) is 7. The number of nitrogens with zero attached hydrogens (tertiary/aromatic N) is 3. The number of ketones is 1. The summed E-state index contributed by atoms with van der Waals surface area (Å²) < 4.78 is 16.7. The number of carbonyl (C=O) groups excluding carboxylic acids is 2. The van der Waals surface area contributed by atoms with Crippen molar-refractivity contribution in [2.45, 2.75) is 25.0 Å². The summed E-state index contributed by atoms with van der Waals surface area (Å²) in [6.45, 7) is 1.77. The van der Waals surface area contributed by atoms with Crippen LogP contribution in [0.5, 0.6) is 0 Å². The van der Waals surface area contributed by atoms with Crippen molar-refractivity contribution in [3.63, 3.8) is 0 Å². The number of hydrogen-bond donors (Lipinski definition) is 0. The maximum absolute atomic E-state index is 12.8. The highest BCUT2D eigenvalue weighted by Gasteiger charge is 2.27. The molecular formula is C25H25ClN3O4S+. The number of benzene rings is 2. The number of anilines is 2. The van der Waals surface area contributed by atoms with E-state index in [1.807, 2.05) is 24.1 Å². The lowest BCUT2D eigenvalue weighted by atomic mass is 9.99. The van der Waals surface area contributed by atoms with E-state index in [4.69, 9.17) is 16.3 Å². The zero-order valence-corrected chi connectivity index (χ0v) is 20.5. The Hall–Kier alpha value is -3.23. The topological polar surface area (TPSA) is 89.5 Å². The van der Waals surface area contributed by atoms with Crippen molar-refractivity contribution < 1.29 is 18.5 Å². The molecule has 0 saturated carbocycles. The van der Waals surface area contributed by atoms with Gasteiger partial charge in [-0.1, -0.05) is 36.7 Å². The van der Waals surface area contributed by atoms with Crippen LogP contribution in [-0.4, -0.2) is 40.6 Å². The Morgan fingerprint density at radius 2 is 1.65 bits per heavy atom. The fraction of sp³-hybridized carbons (Fsp3) is 0.280. The van der Waals surface area contributed by atoms with E-state index in [0.29, 0.717) is 35.1 Å². The van der Waals surface area contributed by atoms with Crippen LogP contribution in [-0.2, 0) is 20.6 Å². The molecule has 0 aliphatic carbocycles. The molecule has 0 amide bonds. The predicted octanol–water partition coefficient (Wildman–Crippen LogP) is 5.15. The molecular weight excluding hydrogens is 474 g/mol. The van der Waals surface area contributed by atoms with E-state index in [1.165, 1.54) is 0 Å². The molecule has 2 unspecified atom stereocenters. The van der Waals surface area contributed by atoms with E-state index in [1.54, 1.807) is 61.8 Å². The van der Waals surface area contributed by atoms with Gasteiger partial charge in [0.05, 0.1) is 23.6 Å². The lowest BCUT2D eigenvalue weighted by Crippen LogP contribution is -2.21. The second kappa shape index (κ2) is 12.3. The second-order valence-electron chi connectivity index (χ2n) is 7.83. The van der Waals surface area contributed by atoms with Crippen molar-refractivity contribution >= 4 is 46.4 Å². The third-order valence-corrected chi connectivity index (χ3v) is 6.27. The van der Waals surface area contributed by atoms with Gasteiger partial charge in [0.1, 0.15) is 0 Å². The highest BCUT2D eigenvalue weighted by Crippen LogP contribution is 2.24. The van der Waals surface area contributed by atoms with Gasteiger partial charge in [-0.15, -0.1) is 0 Å². The Labute approximate surface area is 207 Å². The molecule has 2 aromatic carbocycles. The molecule has 0 fully saturated rings. The fourth-order valence-corrected chi connectivity index (χ4v) is 3.69. The molecule has 0 aliphatic rings. The average Bonchev–Trinajstić information content (AvgIpc) is 2.88. The van der Waals surface area contributed by atoms with E-state index in [2.05, 4.69) is 9.97 Å². The first-order chi connectivity index (χ1) is 16.4. The Balaban J connectivity index is 1.51. The van der Waals surface area contributed by atoms with Crippen LogP contribution in [0.15, 0.2) is 67.0 Å². The standard InChI is InChI=1S/C25H25ClN3O4S/c1-17(8-13-22(34-32)16-33-25(31)18-6-4-3-5-7-18)23(30)24-27-14-21(15-28-24)29(2)20-11-9-19(26)10-12-20/h3-7,9-12,14-15,17,22H,8,13,16H2,1-2H3/q+1. The van der Waals surface area contributed by atoms with Gasteiger partial charge in [-0.3, -0.25) is 4.79 Å². The summed E-state index contributed by atoms with van der Waals surface area (Å²) in [5.74, 6) is -0.917. The minimum absolute atomic E-state index is 0.00889. The molecule has 2 atom stereocenters. The molecule has 0 N–H and O–H groups in total. The van der Waals surface area contributed by atoms with Crippen LogP contribution >= 0.6 is 11.6 Å². The zero-order valence-electron chi connectivity index (χ0n) is 18.9. The van der Waals surface area contributed by atoms with Gasteiger partial charge in [-0.25, -0.2) is 14.8 Å². The van der Waals surface area contributed by atoms with Gasteiger partial charge < -0.3 is 9.64 Å². The van der Waals surface area contributed by atoms with Crippen molar-refractivity contribution in [1.29, 1.82) is 0 Å². The summed E-state index contributed by atoms with van der Waals surface area (Å²) in [7, 11) is 1.87. The maximum Gasteiger partial charge on any atom is 0.465 e. The monoisotopic (exact) mass is 498 g/mol. The van der Waals surface area contributed by atoms with Gasteiger partial charge in [0, 0.05) is 34.3 Å². The summed E-state index contributed by atoms with van der Waals surface area (Å²) >= 11 is 6.31. The number of rotatable bonds is 11. The number of Topliss-reactive ketones (excluding diaryl/α,β-unsaturated/α-hetero) is 1. The number of halogens is 1. The molecule has 0 radical (unpaired) electrons. The molecule has 0 spiro atoms. The molecule has 0 saturated heterocycles. The van der Waals surface area contributed by atoms with E-state index in [9.17, 15) is 13.8 Å². The van der Waals surface area contributed by atoms with Crippen molar-refractivity contribution in [3.8, 4) is 0 Å². The van der Waals surface area contributed by atoms with Crippen LogP contribution in [0.3, 0.4) is 0 Å². The first-order valence-corrected chi connectivity index (χ1v) is 11.9. The normalized spacial score (nSPS) is 12.4. The summed E-state index contributed by atoms with van der Waals surface area (Å²) in [5, 5.41) is 0.203. The third kappa shape index (κ3) is 6.88. The lowest BCUT2D eigenvalue weighted by molar-refractivity contribution is 0.0501. The van der Waals surface area contributed by atoms with Gasteiger partial charge in [-0.2, -0.15) is 0 Å². The van der Waals surface area contributed by atoms with Crippen LogP contribution in [0.2, 0.25) is 5.02 Å². The molecule has 0 bridgehead atoms. The van der Waals surface area contributed by atoms with Crippen molar-refractivity contribution in [1.82, 2.24) is 9.97 Å². The highest BCUT2D eigenvalue weighted by atomic mass is 35.5. The molecule has 1 heterocycles. The minimum atomic E-state index is -0.471. The number of esters is 1. The molecule has 176 valence electrons. The van der Waals surface area contributed by atoms with Crippen LogP contribution in [0, 0.1) is 5.92 Å². The molecule has 7 nitrogen and oxygen atoms in total. The Morgan fingerprint density at radius 1 is 1.00 bits per heavy atom. The molecule has 9 heteroatoms. The van der Waals surface area contributed by atoms with Crippen molar-refractivity contribution in [3.05, 3.63) is 83.4 Å². The van der Waals surface area contributed by atoms with E-state index >= 15 is 0 Å². The van der Waals surface area contributed by atoms with E-state index in [-0.39, 0.29) is 24.1 Å². The summed E-state index contributed by atoms with van der Waals surface area (Å²) in [6, 6.07) is 16.0. The van der Waals surface area contributed by atoms with Gasteiger partial charge in [0.2, 0.25) is 5.78 Å². The largest absolute Gasteiger partial charge is 0.465 e. The molecule has 3 rings (SSSR count). The van der Waals surface area contributed by atoms with Crippen LogP contribution in [0.4, 0.5) is 11.4 Å². The van der Waals surface area contributed by atoms with Crippen LogP contribution < -0.4 is 4.90 Å². The number of carbonyl (C=O) groups is 2. The Kier molecular flexibility index (Phi) is 9.18. The molecule has 1 aromatic heterocycles. The average molecular weight is 499 g/mol. The highest BCUT2D eigenvalue weighted by molar-refractivity contribution is 7.66. The Morgan fingerprint density at radius 3 is 2.26 bits per heavy atom. The second-order valence-corrected chi connectivity index (χ2v) is 9.12. The minimum Gasteiger partial charge on any atom is -0.456 e. The first kappa shape index (κ1) is 25.4. The Bertz CT molecular complexity index is 1110. The van der Waals surface area contributed by atoms with Crippen molar-refractivity contribution in [2.24, 2.45) is 5.92 Å². The van der Waals surface area contributed by atoms with Crippen LogP contribution in [0.25, 0.3) is 0 Å². The van der Waals surface area contributed by atoms with Gasteiger partial charge >= 0.3 is 17.6 Å². The van der Waals surface area contributed by atoms with Gasteiger partial charge in [0.15, 0.2) is 12.4 Å². The first-order valence-electron chi connectivity index (χ1n) is 10.8. The van der Waals surface area contributed by atoms with Gasteiger partial charge in [-0.05, 0) is 42.8 Å². The summed E-state index contributed by atoms with van der Waals surface area (Å²) in [5.41, 5.74) is 2.08. The lowest BCUT2D eigenvalue weighted by Gasteiger charge is -2.19. The SMILES string of the molecule is CC(CCC(COC(=O)c1ccccc1)[S+]=O)C(=O)c1ncc(N(C)c2ccc(Cl)cc2)cn1. The van der Waals surface area contributed by atoms with Crippen molar-refractivity contribution in [2.75, 3.05) is 18.6 Å². The fourth-order valence-electron chi connectivity index (χ4n) is 3.21. The maximum atomic E-state index is 12.8. The third-order valence-electron chi connectivity index (χ3n) is 5.37. The van der Waals surface area contributed by atoms with Crippen LogP contribution in [0.1, 0.15) is 40.7 Å². The molecule has 34 heavy (non-hydrogen) atoms. The smallest absolute Gasteiger partial charge is 0.456 e. The zero-order chi connectivity index (χ0) is 24.5. The van der Waals surface area contributed by atoms with Gasteiger partial charge in [0.25, 0.3) is 5.25 Å². The summed E-state index contributed by atoms with van der Waals surface area (Å²) in [6.07, 6.45) is 4.08. The molecule has 0 aliphatic heterocycles. The van der Waals surface area contributed by atoms with E-state index < -0.39 is 11.2 Å².